The number of hydrogen-bond acceptors (Lipinski definition) is 1. The van der Waals surface area contributed by atoms with Crippen molar-refractivity contribution < 1.29 is 49.5 Å². The van der Waals surface area contributed by atoms with Gasteiger partial charge in [-0.25, -0.2) is 0 Å². The molecule has 0 saturated heterocycles. The molecule has 6 heteroatoms. The Balaban J connectivity index is 0.000000229. The number of rotatable bonds is 3. The molecule has 193 valence electrons. The first-order valence-electron chi connectivity index (χ1n) is 12.9. The molecule has 0 spiro atoms. The Bertz CT molecular complexity index is 1360. The Labute approximate surface area is 257 Å². The van der Waals surface area contributed by atoms with E-state index >= 15 is 0 Å². The fraction of sp³-hybridized carbons (Fsp3) is 0.355. The third-order valence-corrected chi connectivity index (χ3v) is 16.8. The zero-order valence-corrected chi connectivity index (χ0v) is 30.0. The molecule has 0 nitrogen and oxygen atoms in total. The van der Waals surface area contributed by atoms with Gasteiger partial charge >= 0.3 is 157 Å². The molecule has 2 aromatic carbocycles. The summed E-state index contributed by atoms with van der Waals surface area (Å²) in [5, 5.41) is 8.00. The van der Waals surface area contributed by atoms with Crippen LogP contribution in [0.5, 0.6) is 0 Å². The van der Waals surface area contributed by atoms with Gasteiger partial charge in [-0.05, 0) is 28.8 Å². The molecule has 2 atom stereocenters. The summed E-state index contributed by atoms with van der Waals surface area (Å²) >= 11 is 3.47. The van der Waals surface area contributed by atoms with E-state index in [2.05, 4.69) is 113 Å². The monoisotopic (exact) mass is 657 g/mol. The van der Waals surface area contributed by atoms with Crippen molar-refractivity contribution in [3.8, 4) is 11.1 Å². The molecule has 0 N–H and O–H groups in total. The number of hydrogen-bond donors (Lipinski definition) is 0. The standard InChI is InChI=1S/C21H25Si.C10H12SSi.2ClH.Zr/c1-15(2)18-13-17-7-6-8-20(21(17)14-18)16-9-11-19(12-10-16)22(3,4)5;1-6-9-7-4-11-5-8(7)10(6)12(9,2)3;;;/h6-15H,1-5H3;4-5,9H,1-3H3;2*1H;/q;;;;+2/p-2. The molecule has 3 heterocycles. The van der Waals surface area contributed by atoms with Gasteiger partial charge in [0.05, 0.1) is 8.07 Å². The second-order valence-corrected chi connectivity index (χ2v) is 24.1. The van der Waals surface area contributed by atoms with Gasteiger partial charge in [0.25, 0.3) is 0 Å². The van der Waals surface area contributed by atoms with E-state index in [-0.39, 0.29) is 24.8 Å². The van der Waals surface area contributed by atoms with E-state index in [0.717, 1.165) is 5.54 Å². The summed E-state index contributed by atoms with van der Waals surface area (Å²) in [7, 11) is -2.20. The van der Waals surface area contributed by atoms with Crippen molar-refractivity contribution >= 4 is 43.9 Å². The van der Waals surface area contributed by atoms with Crippen molar-refractivity contribution in [2.75, 3.05) is 0 Å². The second-order valence-electron chi connectivity index (χ2n) is 12.3. The average Bonchev–Trinajstić information content (AvgIpc) is 3.50. The van der Waals surface area contributed by atoms with Crippen LogP contribution in [0.4, 0.5) is 0 Å². The third-order valence-electron chi connectivity index (χ3n) is 8.29. The van der Waals surface area contributed by atoms with Gasteiger partial charge < -0.3 is 24.8 Å². The number of allylic oxidation sites excluding steroid dienone is 2. The smallest absolute Gasteiger partial charge is 0.0931 e. The Hall–Kier alpha value is -0.483. The van der Waals surface area contributed by atoms with Crippen molar-refractivity contribution in [1.82, 2.24) is 0 Å². The summed E-state index contributed by atoms with van der Waals surface area (Å²) in [5.41, 5.74) is 13.2. The van der Waals surface area contributed by atoms with E-state index in [4.69, 9.17) is 0 Å². The molecule has 2 bridgehead atoms. The summed E-state index contributed by atoms with van der Waals surface area (Å²) in [4.78, 5) is 0. The van der Waals surface area contributed by atoms with E-state index < -0.39 is 16.1 Å². The maximum atomic E-state index is 2.50. The minimum atomic E-state index is -1.22. The maximum Gasteiger partial charge on any atom is 0.0931 e. The molecular formula is C31H37Cl2SSi2Zr. The van der Waals surface area contributed by atoms with Crippen molar-refractivity contribution in [3.63, 3.8) is 0 Å². The normalized spacial score (nSPS) is 20.1. The first-order valence-corrected chi connectivity index (χ1v) is 21.8. The Morgan fingerprint density at radius 2 is 1.54 bits per heavy atom. The van der Waals surface area contributed by atoms with Crippen LogP contribution < -0.4 is 30.0 Å². The molecular weight excluding hydrogens is 623 g/mol. The van der Waals surface area contributed by atoms with Crippen LogP contribution in [0, 0.1) is 5.92 Å². The minimum absolute atomic E-state index is 0. The molecule has 37 heavy (non-hydrogen) atoms. The van der Waals surface area contributed by atoms with E-state index in [0.29, 0.717) is 9.54 Å². The van der Waals surface area contributed by atoms with Gasteiger partial charge in [0.1, 0.15) is 0 Å². The molecule has 0 amide bonds. The molecule has 1 aromatic heterocycles. The van der Waals surface area contributed by atoms with Gasteiger partial charge in [-0.2, -0.15) is 11.3 Å². The van der Waals surface area contributed by atoms with Gasteiger partial charge in [-0.1, -0.05) is 23.9 Å². The summed E-state index contributed by atoms with van der Waals surface area (Å²) in [6.07, 6.45) is 2.46. The average molecular weight is 660 g/mol. The number of benzene rings is 2. The van der Waals surface area contributed by atoms with Crippen LogP contribution in [-0.2, 0) is 24.7 Å². The third kappa shape index (κ3) is 5.21. The number of fused-ring (bicyclic) bond motifs is 1. The van der Waals surface area contributed by atoms with Crippen LogP contribution in [-0.4, -0.2) is 16.1 Å². The quantitative estimate of drug-likeness (QED) is 0.380. The zero-order valence-electron chi connectivity index (χ0n) is 23.2. The summed E-state index contributed by atoms with van der Waals surface area (Å²) in [5.74, 6) is 0.633. The first kappa shape index (κ1) is 31.0. The Kier molecular flexibility index (Phi) is 9.38. The van der Waals surface area contributed by atoms with Gasteiger partial charge in [0.15, 0.2) is 0 Å². The molecule has 4 aliphatic rings. The van der Waals surface area contributed by atoms with Gasteiger partial charge in [-0.3, -0.25) is 0 Å². The fourth-order valence-electron chi connectivity index (χ4n) is 6.50. The summed E-state index contributed by atoms with van der Waals surface area (Å²) in [6.45, 7) is 19.2. The van der Waals surface area contributed by atoms with E-state index in [1.165, 1.54) is 27.4 Å². The molecule has 0 radical (unpaired) electrons. The van der Waals surface area contributed by atoms with Crippen LogP contribution in [0.2, 0.25) is 32.7 Å². The predicted octanol–water partition coefficient (Wildman–Crippen LogP) is 2.97. The maximum absolute atomic E-state index is 2.50. The van der Waals surface area contributed by atoms with Gasteiger partial charge in [0.2, 0.25) is 0 Å². The van der Waals surface area contributed by atoms with Crippen LogP contribution in [0.1, 0.15) is 52.2 Å². The number of halogens is 2. The van der Waals surface area contributed by atoms with Crippen LogP contribution >= 0.6 is 11.3 Å². The molecule has 2 aliphatic carbocycles. The van der Waals surface area contributed by atoms with Crippen molar-refractivity contribution in [3.05, 3.63) is 86.6 Å². The van der Waals surface area contributed by atoms with Crippen molar-refractivity contribution in [1.29, 1.82) is 0 Å². The minimum Gasteiger partial charge on any atom is -1.00 e. The first-order chi connectivity index (χ1) is 16.4. The molecule has 0 fully saturated rings. The topological polar surface area (TPSA) is 0 Å². The molecule has 2 aliphatic heterocycles. The molecule has 7 rings (SSSR count). The SMILES string of the molecule is CC(C)C1=Cc2c(-c3ccc([Si](C)(C)C)cc3)cccc2[CH]1[Zr+2].CC1=C2c3cscc3C1[Si]2(C)C.[Cl-].[Cl-]. The van der Waals surface area contributed by atoms with E-state index in [1.54, 1.807) is 52.2 Å². The summed E-state index contributed by atoms with van der Waals surface area (Å²) < 4.78 is 0.637. The predicted molar refractivity (Wildman–Crippen MR) is 158 cm³/mol. The second kappa shape index (κ2) is 11.2. The molecule has 3 aromatic rings. The largest absolute Gasteiger partial charge is 1.00 e. The summed E-state index contributed by atoms with van der Waals surface area (Å²) in [6, 6.07) is 16.2. The van der Waals surface area contributed by atoms with E-state index in [1.807, 2.05) is 11.3 Å². The number of thiophene rings is 1. The van der Waals surface area contributed by atoms with Crippen LogP contribution in [0.25, 0.3) is 22.4 Å². The Morgan fingerprint density at radius 1 is 0.892 bits per heavy atom. The van der Waals surface area contributed by atoms with Crippen molar-refractivity contribution in [2.24, 2.45) is 5.92 Å². The van der Waals surface area contributed by atoms with E-state index in [9.17, 15) is 0 Å². The van der Waals surface area contributed by atoms with Crippen LogP contribution in [0.15, 0.2) is 64.4 Å². The fourth-order valence-corrected chi connectivity index (χ4v) is 14.8. The Morgan fingerprint density at radius 3 is 2.08 bits per heavy atom. The van der Waals surface area contributed by atoms with Gasteiger partial charge in [0, 0.05) is 5.54 Å². The molecule has 2 unspecified atom stereocenters. The van der Waals surface area contributed by atoms with Crippen LogP contribution in [0.3, 0.4) is 0 Å². The zero-order chi connectivity index (χ0) is 25.3. The van der Waals surface area contributed by atoms with Crippen molar-refractivity contribution in [2.45, 2.75) is 62.7 Å². The van der Waals surface area contributed by atoms with Gasteiger partial charge in [-0.15, -0.1) is 0 Å². The molecule has 0 saturated carbocycles.